The Bertz CT molecular complexity index is 893. The molecule has 1 aromatic carbocycles. The second kappa shape index (κ2) is 9.15. The lowest BCUT2D eigenvalue weighted by atomic mass is 10.2. The SMILES string of the molecule is O=S(=O)(c1ccc2c(c1)OCCO2)N1CCN(CCCCCn2cccn2)CC1. The van der Waals surface area contributed by atoms with E-state index in [9.17, 15) is 8.42 Å². The van der Waals surface area contributed by atoms with Crippen LogP contribution in [0.2, 0.25) is 0 Å². The summed E-state index contributed by atoms with van der Waals surface area (Å²) in [4.78, 5) is 2.62. The molecule has 0 N–H and O–H groups in total. The smallest absolute Gasteiger partial charge is 0.243 e. The second-order valence-electron chi connectivity index (χ2n) is 7.38. The Balaban J connectivity index is 1.23. The lowest BCUT2D eigenvalue weighted by Gasteiger charge is -2.34. The summed E-state index contributed by atoms with van der Waals surface area (Å²) in [5.41, 5.74) is 0. The Hall–Kier alpha value is -2.10. The maximum Gasteiger partial charge on any atom is 0.243 e. The summed E-state index contributed by atoms with van der Waals surface area (Å²) in [5.74, 6) is 1.11. The van der Waals surface area contributed by atoms with Crippen LogP contribution in [0.4, 0.5) is 0 Å². The van der Waals surface area contributed by atoms with Crippen molar-refractivity contribution in [1.82, 2.24) is 19.0 Å². The highest BCUT2D eigenvalue weighted by Gasteiger charge is 2.29. The fourth-order valence-electron chi connectivity index (χ4n) is 3.75. The molecule has 0 atom stereocenters. The van der Waals surface area contributed by atoms with E-state index in [1.165, 1.54) is 0 Å². The molecule has 2 aliphatic heterocycles. The number of ether oxygens (including phenoxy) is 2. The molecular formula is C20H28N4O4S. The molecule has 1 aromatic heterocycles. The van der Waals surface area contributed by atoms with Crippen molar-refractivity contribution >= 4 is 10.0 Å². The highest BCUT2D eigenvalue weighted by atomic mass is 32.2. The fraction of sp³-hybridized carbons (Fsp3) is 0.550. The Morgan fingerprint density at radius 1 is 0.931 bits per heavy atom. The van der Waals surface area contributed by atoms with Gasteiger partial charge in [-0.2, -0.15) is 9.40 Å². The van der Waals surface area contributed by atoms with Gasteiger partial charge in [0.05, 0.1) is 4.90 Å². The highest BCUT2D eigenvalue weighted by Crippen LogP contribution is 2.33. The quantitative estimate of drug-likeness (QED) is 0.607. The van der Waals surface area contributed by atoms with E-state index in [2.05, 4.69) is 10.00 Å². The van der Waals surface area contributed by atoms with E-state index in [-0.39, 0.29) is 4.90 Å². The van der Waals surface area contributed by atoms with Crippen molar-refractivity contribution in [2.45, 2.75) is 30.7 Å². The van der Waals surface area contributed by atoms with Crippen LogP contribution in [0.25, 0.3) is 0 Å². The molecule has 29 heavy (non-hydrogen) atoms. The summed E-state index contributed by atoms with van der Waals surface area (Å²) in [6.45, 7) is 5.47. The van der Waals surface area contributed by atoms with Gasteiger partial charge in [-0.25, -0.2) is 8.42 Å². The zero-order valence-corrected chi connectivity index (χ0v) is 17.4. The number of piperazine rings is 1. The molecule has 3 heterocycles. The number of aryl methyl sites for hydroxylation is 1. The molecule has 0 amide bonds. The van der Waals surface area contributed by atoms with Gasteiger partial charge in [-0.3, -0.25) is 4.68 Å². The standard InChI is InChI=1S/C20H28N4O4S/c25-29(26,18-5-6-19-20(17-18)28-16-15-27-19)24-13-11-22(12-14-24)8-2-1-3-9-23-10-4-7-21-23/h4-7,10,17H,1-3,8-9,11-16H2. The maximum atomic E-state index is 13.0. The number of benzene rings is 1. The third kappa shape index (κ3) is 4.91. The summed E-state index contributed by atoms with van der Waals surface area (Å²) < 4.78 is 40.5. The first-order valence-corrected chi connectivity index (χ1v) is 11.7. The molecule has 9 heteroatoms. The maximum absolute atomic E-state index is 13.0. The highest BCUT2D eigenvalue weighted by molar-refractivity contribution is 7.89. The van der Waals surface area contributed by atoms with Gasteiger partial charge in [0.25, 0.3) is 0 Å². The largest absolute Gasteiger partial charge is 0.486 e. The van der Waals surface area contributed by atoms with Crippen LogP contribution in [0.15, 0.2) is 41.6 Å². The molecule has 0 radical (unpaired) electrons. The van der Waals surface area contributed by atoms with Crippen molar-refractivity contribution < 1.29 is 17.9 Å². The molecule has 1 fully saturated rings. The lowest BCUT2D eigenvalue weighted by molar-refractivity contribution is 0.170. The second-order valence-corrected chi connectivity index (χ2v) is 9.32. The van der Waals surface area contributed by atoms with Crippen LogP contribution < -0.4 is 9.47 Å². The van der Waals surface area contributed by atoms with Crippen molar-refractivity contribution in [3.63, 3.8) is 0 Å². The average molecular weight is 421 g/mol. The van der Waals surface area contributed by atoms with E-state index in [1.807, 2.05) is 16.9 Å². The van der Waals surface area contributed by atoms with E-state index in [1.54, 1.807) is 28.7 Å². The van der Waals surface area contributed by atoms with Crippen LogP contribution in [-0.4, -0.2) is 73.3 Å². The third-order valence-electron chi connectivity index (χ3n) is 5.40. The zero-order chi connectivity index (χ0) is 20.1. The molecule has 8 nitrogen and oxygen atoms in total. The fourth-order valence-corrected chi connectivity index (χ4v) is 5.18. The Morgan fingerprint density at radius 3 is 2.45 bits per heavy atom. The van der Waals surface area contributed by atoms with Crippen molar-refractivity contribution in [3.05, 3.63) is 36.7 Å². The first-order chi connectivity index (χ1) is 14.1. The predicted molar refractivity (Wildman–Crippen MR) is 109 cm³/mol. The van der Waals surface area contributed by atoms with Crippen LogP contribution in [0.3, 0.4) is 0 Å². The molecule has 0 spiro atoms. The number of unbranched alkanes of at least 4 members (excludes halogenated alkanes) is 2. The molecule has 1 saturated heterocycles. The number of nitrogens with zero attached hydrogens (tertiary/aromatic N) is 4. The minimum absolute atomic E-state index is 0.272. The van der Waals surface area contributed by atoms with Crippen LogP contribution in [0, 0.1) is 0 Å². The van der Waals surface area contributed by atoms with E-state index in [0.717, 1.165) is 45.4 Å². The lowest BCUT2D eigenvalue weighted by Crippen LogP contribution is -2.48. The summed E-state index contributed by atoms with van der Waals surface area (Å²) in [6, 6.07) is 6.81. The minimum atomic E-state index is -3.51. The number of fused-ring (bicyclic) bond motifs is 1. The van der Waals surface area contributed by atoms with E-state index in [4.69, 9.17) is 9.47 Å². The molecule has 4 rings (SSSR count). The topological polar surface area (TPSA) is 76.9 Å². The summed E-state index contributed by atoms with van der Waals surface area (Å²) in [5, 5.41) is 4.21. The number of hydrogen-bond donors (Lipinski definition) is 0. The van der Waals surface area contributed by atoms with Crippen LogP contribution in [0.5, 0.6) is 11.5 Å². The van der Waals surface area contributed by atoms with Gasteiger partial charge in [-0.15, -0.1) is 0 Å². The summed E-state index contributed by atoms with van der Waals surface area (Å²) in [6.07, 6.45) is 7.17. The zero-order valence-electron chi connectivity index (χ0n) is 16.6. The van der Waals surface area contributed by atoms with Crippen LogP contribution in [-0.2, 0) is 16.6 Å². The van der Waals surface area contributed by atoms with Gasteiger partial charge in [0, 0.05) is 51.2 Å². The Kier molecular flexibility index (Phi) is 6.37. The number of sulfonamides is 1. The minimum Gasteiger partial charge on any atom is -0.486 e. The normalized spacial score (nSPS) is 18.1. The molecule has 0 bridgehead atoms. The monoisotopic (exact) mass is 420 g/mol. The van der Waals surface area contributed by atoms with Crippen molar-refractivity contribution in [2.75, 3.05) is 45.9 Å². The van der Waals surface area contributed by atoms with Gasteiger partial charge in [-0.1, -0.05) is 6.42 Å². The predicted octanol–water partition coefficient (Wildman–Crippen LogP) is 1.83. The first kappa shape index (κ1) is 20.2. The van der Waals surface area contributed by atoms with Crippen molar-refractivity contribution in [2.24, 2.45) is 0 Å². The molecule has 158 valence electrons. The van der Waals surface area contributed by atoms with Gasteiger partial charge in [0.2, 0.25) is 10.0 Å². The molecule has 2 aliphatic rings. The van der Waals surface area contributed by atoms with Crippen LogP contribution >= 0.6 is 0 Å². The van der Waals surface area contributed by atoms with Crippen molar-refractivity contribution in [1.29, 1.82) is 0 Å². The molecule has 2 aromatic rings. The van der Waals surface area contributed by atoms with Crippen LogP contribution in [0.1, 0.15) is 19.3 Å². The van der Waals surface area contributed by atoms with Gasteiger partial charge in [0.1, 0.15) is 13.2 Å². The van der Waals surface area contributed by atoms with Gasteiger partial charge >= 0.3 is 0 Å². The van der Waals surface area contributed by atoms with E-state index < -0.39 is 10.0 Å². The van der Waals surface area contributed by atoms with E-state index >= 15 is 0 Å². The summed E-state index contributed by atoms with van der Waals surface area (Å²) in [7, 11) is -3.51. The number of aromatic nitrogens is 2. The molecule has 0 saturated carbocycles. The third-order valence-corrected chi connectivity index (χ3v) is 7.30. The summed E-state index contributed by atoms with van der Waals surface area (Å²) >= 11 is 0. The van der Waals surface area contributed by atoms with Gasteiger partial charge in [0.15, 0.2) is 11.5 Å². The average Bonchev–Trinajstić information content (AvgIpc) is 3.27. The number of rotatable bonds is 8. The Labute approximate surface area is 172 Å². The van der Waals surface area contributed by atoms with Crippen molar-refractivity contribution in [3.8, 4) is 11.5 Å². The molecule has 0 unspecified atom stereocenters. The number of hydrogen-bond acceptors (Lipinski definition) is 6. The molecule has 0 aliphatic carbocycles. The first-order valence-electron chi connectivity index (χ1n) is 10.2. The van der Waals surface area contributed by atoms with Gasteiger partial charge < -0.3 is 14.4 Å². The molecular weight excluding hydrogens is 392 g/mol. The van der Waals surface area contributed by atoms with E-state index in [0.29, 0.717) is 37.8 Å². The van der Waals surface area contributed by atoms with Gasteiger partial charge in [-0.05, 0) is 37.6 Å². The Morgan fingerprint density at radius 2 is 1.69 bits per heavy atom.